The molecular formula is C9H10BrFN4O. The molecule has 0 radical (unpaired) electrons. The second-order valence-corrected chi connectivity index (χ2v) is 3.64. The second-order valence-electron chi connectivity index (χ2n) is 2.79. The van der Waals surface area contributed by atoms with E-state index in [9.17, 15) is 4.39 Å². The summed E-state index contributed by atoms with van der Waals surface area (Å²) in [5.74, 6) is -0.522. The Morgan fingerprint density at radius 1 is 1.50 bits per heavy atom. The topological polar surface area (TPSA) is 86.0 Å². The fourth-order valence-electron chi connectivity index (χ4n) is 1.01. The van der Waals surface area contributed by atoms with Crippen LogP contribution in [0.5, 0.6) is 5.75 Å². The van der Waals surface area contributed by atoms with Crippen LogP contribution in [0.25, 0.3) is 0 Å². The largest absolute Gasteiger partial charge is 0.492 e. The third-order valence-corrected chi connectivity index (χ3v) is 2.19. The molecule has 0 aliphatic carbocycles. The average Bonchev–Trinajstić information content (AvgIpc) is 2.16. The Morgan fingerprint density at radius 2 is 2.19 bits per heavy atom. The van der Waals surface area contributed by atoms with Crippen molar-refractivity contribution < 1.29 is 9.13 Å². The molecule has 1 aromatic carbocycles. The number of benzene rings is 1. The van der Waals surface area contributed by atoms with Crippen molar-refractivity contribution in [3.05, 3.63) is 28.0 Å². The summed E-state index contributed by atoms with van der Waals surface area (Å²) in [6, 6.07) is 2.89. The van der Waals surface area contributed by atoms with E-state index in [1.807, 2.05) is 0 Å². The number of nitrogens with zero attached hydrogens (tertiary/aromatic N) is 2. The molecule has 0 saturated heterocycles. The van der Waals surface area contributed by atoms with Crippen LogP contribution in [0.4, 0.5) is 4.39 Å². The number of ether oxygens (including phenoxy) is 1. The molecule has 1 rings (SSSR count). The van der Waals surface area contributed by atoms with Crippen LogP contribution < -0.4 is 16.2 Å². The highest BCUT2D eigenvalue weighted by Crippen LogP contribution is 2.28. The van der Waals surface area contributed by atoms with E-state index in [4.69, 9.17) is 16.2 Å². The Kier molecular flexibility index (Phi) is 4.24. The zero-order chi connectivity index (χ0) is 12.1. The molecule has 0 aromatic heterocycles. The summed E-state index contributed by atoms with van der Waals surface area (Å²) in [5, 5.41) is 6.96. The first-order valence-electron chi connectivity index (χ1n) is 4.19. The molecule has 0 aliphatic heterocycles. The van der Waals surface area contributed by atoms with Gasteiger partial charge in [-0.25, -0.2) is 4.39 Å². The lowest BCUT2D eigenvalue weighted by atomic mass is 10.2. The van der Waals surface area contributed by atoms with Crippen LogP contribution in [0, 0.1) is 5.82 Å². The summed E-state index contributed by atoms with van der Waals surface area (Å²) >= 11 is 3.17. The third kappa shape index (κ3) is 3.20. The smallest absolute Gasteiger partial charge is 0.211 e. The van der Waals surface area contributed by atoms with Gasteiger partial charge in [-0.1, -0.05) is 0 Å². The van der Waals surface area contributed by atoms with Crippen molar-refractivity contribution >= 4 is 28.1 Å². The van der Waals surface area contributed by atoms with Crippen LogP contribution >= 0.6 is 15.9 Å². The van der Waals surface area contributed by atoms with Crippen LogP contribution in [0.15, 0.2) is 26.8 Å². The molecule has 0 atom stereocenters. The van der Waals surface area contributed by atoms with Gasteiger partial charge in [0.1, 0.15) is 0 Å². The number of rotatable bonds is 3. The zero-order valence-electron chi connectivity index (χ0n) is 8.45. The summed E-state index contributed by atoms with van der Waals surface area (Å²) < 4.78 is 18.7. The zero-order valence-corrected chi connectivity index (χ0v) is 10.0. The van der Waals surface area contributed by atoms with E-state index in [1.54, 1.807) is 6.07 Å². The van der Waals surface area contributed by atoms with E-state index in [2.05, 4.69) is 26.1 Å². The molecule has 0 spiro atoms. The van der Waals surface area contributed by atoms with Crippen molar-refractivity contribution in [2.24, 2.45) is 21.7 Å². The highest BCUT2D eigenvalue weighted by Gasteiger charge is 2.08. The van der Waals surface area contributed by atoms with Gasteiger partial charge in [0, 0.05) is 0 Å². The predicted molar refractivity (Wildman–Crippen MR) is 64.1 cm³/mol. The van der Waals surface area contributed by atoms with E-state index in [1.165, 1.54) is 19.4 Å². The molecule has 86 valence electrons. The maximum absolute atomic E-state index is 13.4. The second kappa shape index (κ2) is 5.45. The lowest BCUT2D eigenvalue weighted by Crippen LogP contribution is -2.21. The molecule has 0 saturated carbocycles. The number of hydrogen-bond acceptors (Lipinski definition) is 3. The fraction of sp³-hybridized carbons (Fsp3) is 0.111. The standard InChI is InChI=1S/C9H10BrFN4O/c1-16-8-6(10)2-5(3-7(8)11)4-14-15-9(12)13/h2-4H,1H3,(H4,12,13,15). The van der Waals surface area contributed by atoms with E-state index in [0.29, 0.717) is 10.0 Å². The van der Waals surface area contributed by atoms with E-state index >= 15 is 0 Å². The van der Waals surface area contributed by atoms with Gasteiger partial charge in [-0.15, -0.1) is 5.10 Å². The van der Waals surface area contributed by atoms with Gasteiger partial charge in [-0.05, 0) is 33.6 Å². The number of hydrogen-bond donors (Lipinski definition) is 2. The summed E-state index contributed by atoms with van der Waals surface area (Å²) in [7, 11) is 1.39. The van der Waals surface area contributed by atoms with Gasteiger partial charge in [0.05, 0.1) is 17.8 Å². The molecule has 0 fully saturated rings. The quantitative estimate of drug-likeness (QED) is 0.498. The van der Waals surface area contributed by atoms with Gasteiger partial charge >= 0.3 is 0 Å². The Balaban J connectivity index is 3.00. The highest BCUT2D eigenvalue weighted by atomic mass is 79.9. The normalized spacial score (nSPS) is 10.4. The van der Waals surface area contributed by atoms with Gasteiger partial charge in [-0.2, -0.15) is 5.10 Å². The molecule has 0 bridgehead atoms. The summed E-state index contributed by atoms with van der Waals surface area (Å²) in [6.45, 7) is 0. The van der Waals surface area contributed by atoms with Gasteiger partial charge in [0.2, 0.25) is 5.96 Å². The van der Waals surface area contributed by atoms with Crippen molar-refractivity contribution in [2.75, 3.05) is 7.11 Å². The Morgan fingerprint density at radius 3 is 2.69 bits per heavy atom. The van der Waals surface area contributed by atoms with Crippen molar-refractivity contribution in [3.63, 3.8) is 0 Å². The van der Waals surface area contributed by atoms with Crippen molar-refractivity contribution in [1.29, 1.82) is 0 Å². The molecule has 5 nitrogen and oxygen atoms in total. The summed E-state index contributed by atoms with van der Waals surface area (Å²) in [4.78, 5) is 0. The van der Waals surface area contributed by atoms with Crippen LogP contribution in [-0.2, 0) is 0 Å². The molecule has 1 aromatic rings. The average molecular weight is 289 g/mol. The van der Waals surface area contributed by atoms with Crippen LogP contribution in [0.3, 0.4) is 0 Å². The lowest BCUT2D eigenvalue weighted by molar-refractivity contribution is 0.384. The third-order valence-electron chi connectivity index (χ3n) is 1.60. The van der Waals surface area contributed by atoms with E-state index < -0.39 is 5.82 Å². The van der Waals surface area contributed by atoms with E-state index in [0.717, 1.165) is 0 Å². The van der Waals surface area contributed by atoms with Crippen LogP contribution in [0.1, 0.15) is 5.56 Å². The first kappa shape index (κ1) is 12.4. The summed E-state index contributed by atoms with van der Waals surface area (Å²) in [5.41, 5.74) is 10.7. The monoisotopic (exact) mass is 288 g/mol. The van der Waals surface area contributed by atoms with Crippen molar-refractivity contribution in [1.82, 2.24) is 0 Å². The summed E-state index contributed by atoms with van der Waals surface area (Å²) in [6.07, 6.45) is 1.33. The molecule has 0 amide bonds. The minimum absolute atomic E-state index is 0.138. The maximum atomic E-state index is 13.4. The first-order valence-corrected chi connectivity index (χ1v) is 4.99. The molecule has 7 heteroatoms. The highest BCUT2D eigenvalue weighted by molar-refractivity contribution is 9.10. The molecule has 0 unspecified atom stereocenters. The number of guanidine groups is 1. The lowest BCUT2D eigenvalue weighted by Gasteiger charge is -2.04. The predicted octanol–water partition coefficient (Wildman–Crippen LogP) is 1.20. The van der Waals surface area contributed by atoms with Crippen molar-refractivity contribution in [3.8, 4) is 5.75 Å². The van der Waals surface area contributed by atoms with E-state index in [-0.39, 0.29) is 11.7 Å². The maximum Gasteiger partial charge on any atom is 0.211 e. The Labute approximate surface area is 100 Å². The van der Waals surface area contributed by atoms with Gasteiger partial charge in [0.25, 0.3) is 0 Å². The number of halogens is 2. The molecule has 16 heavy (non-hydrogen) atoms. The first-order chi connectivity index (χ1) is 7.54. The fourth-order valence-corrected chi connectivity index (χ4v) is 1.63. The molecule has 4 N–H and O–H groups in total. The molecule has 0 aliphatic rings. The molecule has 0 heterocycles. The minimum Gasteiger partial charge on any atom is -0.492 e. The van der Waals surface area contributed by atoms with Crippen molar-refractivity contribution in [2.45, 2.75) is 0 Å². The Hall–Kier alpha value is -1.63. The van der Waals surface area contributed by atoms with Crippen LogP contribution in [0.2, 0.25) is 0 Å². The van der Waals surface area contributed by atoms with Gasteiger partial charge in [-0.3, -0.25) is 0 Å². The molecular weight excluding hydrogens is 279 g/mol. The SMILES string of the molecule is COc1c(F)cc(C=NN=C(N)N)cc1Br. The van der Waals surface area contributed by atoms with Gasteiger partial charge in [0.15, 0.2) is 11.6 Å². The number of methoxy groups -OCH3 is 1. The van der Waals surface area contributed by atoms with Crippen LogP contribution in [-0.4, -0.2) is 19.3 Å². The van der Waals surface area contributed by atoms with Gasteiger partial charge < -0.3 is 16.2 Å². The minimum atomic E-state index is -0.497. The number of nitrogens with two attached hydrogens (primary N) is 2. The Bertz CT molecular complexity index is 420.